The molecule has 0 saturated heterocycles. The number of benzene rings is 1. The van der Waals surface area contributed by atoms with Gasteiger partial charge in [0.25, 0.3) is 0 Å². The van der Waals surface area contributed by atoms with Gasteiger partial charge in [0.2, 0.25) is 0 Å². The lowest BCUT2D eigenvalue weighted by Gasteiger charge is -2.22. The van der Waals surface area contributed by atoms with Crippen LogP contribution in [0.3, 0.4) is 0 Å². The molecule has 2 heterocycles. The number of aryl methyl sites for hydroxylation is 2. The number of imidazole rings is 1. The molecule has 0 spiro atoms. The van der Waals surface area contributed by atoms with Crippen molar-refractivity contribution in [1.82, 2.24) is 14.4 Å². The monoisotopic (exact) mass is 281 g/mol. The van der Waals surface area contributed by atoms with Crippen LogP contribution in [0.5, 0.6) is 0 Å². The van der Waals surface area contributed by atoms with Crippen molar-refractivity contribution in [2.45, 2.75) is 13.8 Å². The average molecular weight is 281 g/mol. The molecule has 0 bridgehead atoms. The summed E-state index contributed by atoms with van der Waals surface area (Å²) in [5.41, 5.74) is 4.45. The summed E-state index contributed by atoms with van der Waals surface area (Å²) >= 11 is 0. The summed E-state index contributed by atoms with van der Waals surface area (Å²) in [7, 11) is 3.89. The summed E-state index contributed by atoms with van der Waals surface area (Å²) in [4.78, 5) is 11.2. The summed E-state index contributed by atoms with van der Waals surface area (Å²) in [5.74, 6) is 1.64. The van der Waals surface area contributed by atoms with E-state index in [9.17, 15) is 0 Å². The molecule has 0 amide bonds. The minimum absolute atomic E-state index is 0.812. The Balaban J connectivity index is 2.16. The Bertz CT molecular complexity index is 790. The molecule has 2 aromatic heterocycles. The van der Waals surface area contributed by atoms with Gasteiger partial charge in [-0.1, -0.05) is 17.7 Å². The summed E-state index contributed by atoms with van der Waals surface area (Å²) in [6, 6.07) is 6.41. The van der Waals surface area contributed by atoms with Crippen molar-refractivity contribution < 1.29 is 0 Å². The SMILES string of the molecule is CNc1cn2ccnc2c(N(C)c2ccc(C)cc2C)n1. The van der Waals surface area contributed by atoms with Crippen molar-refractivity contribution in [2.24, 2.45) is 0 Å². The van der Waals surface area contributed by atoms with Gasteiger partial charge in [0.05, 0.1) is 6.20 Å². The van der Waals surface area contributed by atoms with E-state index in [2.05, 4.69) is 52.2 Å². The van der Waals surface area contributed by atoms with Crippen LogP contribution in [0.1, 0.15) is 11.1 Å². The summed E-state index contributed by atoms with van der Waals surface area (Å²) in [6.07, 6.45) is 5.65. The average Bonchev–Trinajstić information content (AvgIpc) is 2.93. The zero-order chi connectivity index (χ0) is 15.0. The molecule has 0 fully saturated rings. The molecule has 0 aliphatic rings. The topological polar surface area (TPSA) is 45.5 Å². The second kappa shape index (κ2) is 5.09. The minimum Gasteiger partial charge on any atom is -0.372 e. The number of aromatic nitrogens is 3. The molecule has 5 heteroatoms. The van der Waals surface area contributed by atoms with E-state index in [0.29, 0.717) is 0 Å². The van der Waals surface area contributed by atoms with E-state index in [4.69, 9.17) is 0 Å². The highest BCUT2D eigenvalue weighted by Gasteiger charge is 2.14. The number of anilines is 3. The smallest absolute Gasteiger partial charge is 0.180 e. The molecule has 21 heavy (non-hydrogen) atoms. The third-order valence-electron chi connectivity index (χ3n) is 3.64. The van der Waals surface area contributed by atoms with E-state index in [1.54, 1.807) is 6.20 Å². The zero-order valence-electron chi connectivity index (χ0n) is 12.8. The predicted molar refractivity (Wildman–Crippen MR) is 86.5 cm³/mol. The predicted octanol–water partition coefficient (Wildman–Crippen LogP) is 3.16. The maximum absolute atomic E-state index is 4.66. The minimum atomic E-state index is 0.812. The Labute approximate surface area is 124 Å². The molecular weight excluding hydrogens is 262 g/mol. The van der Waals surface area contributed by atoms with Gasteiger partial charge in [-0.25, -0.2) is 9.97 Å². The van der Waals surface area contributed by atoms with Crippen molar-refractivity contribution in [3.63, 3.8) is 0 Å². The lowest BCUT2D eigenvalue weighted by molar-refractivity contribution is 1.06. The van der Waals surface area contributed by atoms with Crippen molar-refractivity contribution in [3.8, 4) is 0 Å². The number of hydrogen-bond donors (Lipinski definition) is 1. The number of nitrogens with zero attached hydrogens (tertiary/aromatic N) is 4. The number of hydrogen-bond acceptors (Lipinski definition) is 4. The highest BCUT2D eigenvalue weighted by molar-refractivity contribution is 5.74. The Morgan fingerprint density at radius 1 is 1.24 bits per heavy atom. The highest BCUT2D eigenvalue weighted by Crippen LogP contribution is 2.29. The normalized spacial score (nSPS) is 10.9. The van der Waals surface area contributed by atoms with Gasteiger partial charge in [0.1, 0.15) is 5.82 Å². The highest BCUT2D eigenvalue weighted by atomic mass is 15.2. The first-order valence-corrected chi connectivity index (χ1v) is 6.92. The first-order chi connectivity index (χ1) is 10.1. The third-order valence-corrected chi connectivity index (χ3v) is 3.64. The van der Waals surface area contributed by atoms with Crippen LogP contribution in [-0.2, 0) is 0 Å². The van der Waals surface area contributed by atoms with Crippen LogP contribution >= 0.6 is 0 Å². The van der Waals surface area contributed by atoms with Crippen LogP contribution in [0.25, 0.3) is 5.65 Å². The molecule has 3 aromatic rings. The van der Waals surface area contributed by atoms with Crippen LogP contribution in [0.4, 0.5) is 17.3 Å². The Kier molecular flexibility index (Phi) is 3.25. The van der Waals surface area contributed by atoms with Crippen LogP contribution < -0.4 is 10.2 Å². The molecule has 0 radical (unpaired) electrons. The maximum atomic E-state index is 4.66. The van der Waals surface area contributed by atoms with Gasteiger partial charge < -0.3 is 14.6 Å². The van der Waals surface area contributed by atoms with Gasteiger partial charge in [-0.05, 0) is 25.5 Å². The molecule has 0 atom stereocenters. The fraction of sp³-hybridized carbons (Fsp3) is 0.250. The molecular formula is C16H19N5. The fourth-order valence-corrected chi connectivity index (χ4v) is 2.56. The summed E-state index contributed by atoms with van der Waals surface area (Å²) in [6.45, 7) is 4.22. The van der Waals surface area contributed by atoms with E-state index in [1.807, 2.05) is 30.9 Å². The van der Waals surface area contributed by atoms with E-state index in [-0.39, 0.29) is 0 Å². The van der Waals surface area contributed by atoms with Crippen LogP contribution in [0.2, 0.25) is 0 Å². The van der Waals surface area contributed by atoms with Crippen molar-refractivity contribution >= 4 is 23.0 Å². The van der Waals surface area contributed by atoms with Crippen LogP contribution in [0, 0.1) is 13.8 Å². The maximum Gasteiger partial charge on any atom is 0.180 e. The fourth-order valence-electron chi connectivity index (χ4n) is 2.56. The Morgan fingerprint density at radius 2 is 2.05 bits per heavy atom. The van der Waals surface area contributed by atoms with E-state index in [1.165, 1.54) is 11.1 Å². The molecule has 0 aliphatic carbocycles. The van der Waals surface area contributed by atoms with Gasteiger partial charge in [0.15, 0.2) is 11.5 Å². The molecule has 0 unspecified atom stereocenters. The lowest BCUT2D eigenvalue weighted by atomic mass is 10.1. The zero-order valence-corrected chi connectivity index (χ0v) is 12.8. The Morgan fingerprint density at radius 3 is 2.76 bits per heavy atom. The van der Waals surface area contributed by atoms with E-state index in [0.717, 1.165) is 23.0 Å². The third kappa shape index (κ3) is 2.31. The van der Waals surface area contributed by atoms with Crippen molar-refractivity contribution in [2.75, 3.05) is 24.3 Å². The van der Waals surface area contributed by atoms with Crippen LogP contribution in [0.15, 0.2) is 36.8 Å². The van der Waals surface area contributed by atoms with Gasteiger partial charge in [0, 0.05) is 32.2 Å². The standard InChI is InChI=1S/C16H19N5/c1-11-5-6-13(12(2)9-11)20(4)16-15-18-7-8-21(15)10-14(17-3)19-16/h5-10,17H,1-4H3. The second-order valence-electron chi connectivity index (χ2n) is 5.21. The number of rotatable bonds is 3. The lowest BCUT2D eigenvalue weighted by Crippen LogP contribution is -2.15. The van der Waals surface area contributed by atoms with Crippen molar-refractivity contribution in [3.05, 3.63) is 47.9 Å². The van der Waals surface area contributed by atoms with Crippen LogP contribution in [-0.4, -0.2) is 28.5 Å². The van der Waals surface area contributed by atoms with Gasteiger partial charge in [-0.3, -0.25) is 0 Å². The van der Waals surface area contributed by atoms with Crippen molar-refractivity contribution in [1.29, 1.82) is 0 Å². The first kappa shape index (κ1) is 13.4. The Hall–Kier alpha value is -2.56. The summed E-state index contributed by atoms with van der Waals surface area (Å²) in [5, 5.41) is 3.09. The molecule has 1 aromatic carbocycles. The molecule has 0 saturated carbocycles. The first-order valence-electron chi connectivity index (χ1n) is 6.92. The molecule has 108 valence electrons. The van der Waals surface area contributed by atoms with Gasteiger partial charge in [-0.15, -0.1) is 0 Å². The molecule has 1 N–H and O–H groups in total. The van der Waals surface area contributed by atoms with Gasteiger partial charge >= 0.3 is 0 Å². The largest absolute Gasteiger partial charge is 0.372 e. The molecule has 0 aliphatic heterocycles. The summed E-state index contributed by atoms with van der Waals surface area (Å²) < 4.78 is 1.98. The number of nitrogens with one attached hydrogen (secondary N) is 1. The van der Waals surface area contributed by atoms with E-state index >= 15 is 0 Å². The quantitative estimate of drug-likeness (QED) is 0.801. The molecule has 5 nitrogen and oxygen atoms in total. The van der Waals surface area contributed by atoms with E-state index < -0.39 is 0 Å². The van der Waals surface area contributed by atoms with Gasteiger partial charge in [-0.2, -0.15) is 0 Å². The second-order valence-corrected chi connectivity index (χ2v) is 5.21. The number of fused-ring (bicyclic) bond motifs is 1. The molecule has 3 rings (SSSR count).